The van der Waals surface area contributed by atoms with Crippen molar-refractivity contribution in [3.63, 3.8) is 0 Å². The second-order valence-electron chi connectivity index (χ2n) is 3.29. The van der Waals surface area contributed by atoms with Gasteiger partial charge in [0.25, 0.3) is 6.01 Å². The van der Waals surface area contributed by atoms with Crippen LogP contribution in [0.25, 0.3) is 21.7 Å². The summed E-state index contributed by atoms with van der Waals surface area (Å²) in [5.41, 5.74) is 0.598. The number of hydrogen-bond donors (Lipinski definition) is 0. The van der Waals surface area contributed by atoms with E-state index in [-0.39, 0.29) is 0 Å². The average Bonchev–Trinajstić information content (AvgIpc) is 2.53. The van der Waals surface area contributed by atoms with E-state index in [1.54, 1.807) is 0 Å². The van der Waals surface area contributed by atoms with Gasteiger partial charge in [-0.3, -0.25) is 0 Å². The molecule has 0 unspecified atom stereocenters. The third-order valence-electron chi connectivity index (χ3n) is 2.35. The van der Waals surface area contributed by atoms with E-state index in [2.05, 4.69) is 0 Å². The second kappa shape index (κ2) is 2.58. The van der Waals surface area contributed by atoms with Crippen LogP contribution in [0.15, 0.2) is 46.9 Å². The quantitative estimate of drug-likeness (QED) is 0.521. The zero-order valence-corrected chi connectivity index (χ0v) is 7.33. The lowest BCUT2D eigenvalue weighted by atomic mass is 10.1. The molecule has 0 saturated carbocycles. The molecule has 0 spiro atoms. The van der Waals surface area contributed by atoms with Gasteiger partial charge in [-0.1, -0.05) is 24.3 Å². The highest BCUT2D eigenvalue weighted by molar-refractivity contribution is 5.95. The van der Waals surface area contributed by atoms with Crippen LogP contribution < -0.4 is 0 Å². The molecule has 0 aliphatic rings. The van der Waals surface area contributed by atoms with Gasteiger partial charge >= 0.3 is 0 Å². The summed E-state index contributed by atoms with van der Waals surface area (Å²) in [6.45, 7) is 0. The van der Waals surface area contributed by atoms with Crippen molar-refractivity contribution in [2.45, 2.75) is 0 Å². The topological polar surface area (TPSA) is 13.1 Å². The van der Waals surface area contributed by atoms with Gasteiger partial charge < -0.3 is 4.42 Å². The largest absolute Gasteiger partial charge is 0.431 e. The number of benzene rings is 2. The molecule has 1 heterocycles. The van der Waals surface area contributed by atoms with Crippen LogP contribution in [0.3, 0.4) is 0 Å². The van der Waals surface area contributed by atoms with Crippen LogP contribution in [-0.2, 0) is 0 Å². The van der Waals surface area contributed by atoms with Gasteiger partial charge in [0.15, 0.2) is 0 Å². The van der Waals surface area contributed by atoms with Crippen molar-refractivity contribution >= 4 is 21.7 Å². The predicted octanol–water partition coefficient (Wildman–Crippen LogP) is 3.73. The van der Waals surface area contributed by atoms with Crippen LogP contribution in [0.5, 0.6) is 0 Å². The fourth-order valence-electron chi connectivity index (χ4n) is 1.69. The summed E-state index contributed by atoms with van der Waals surface area (Å²) in [6, 6.07) is 12.6. The zero-order chi connectivity index (χ0) is 9.54. The van der Waals surface area contributed by atoms with Gasteiger partial charge in [0.1, 0.15) is 5.58 Å². The molecule has 68 valence electrons. The molecule has 0 N–H and O–H groups in total. The molecule has 3 rings (SSSR count). The number of furan rings is 1. The fourth-order valence-corrected chi connectivity index (χ4v) is 1.69. The predicted molar refractivity (Wildman–Crippen MR) is 53.7 cm³/mol. The first-order chi connectivity index (χ1) is 6.83. The first kappa shape index (κ1) is 7.56. The summed E-state index contributed by atoms with van der Waals surface area (Å²) in [5.74, 6) is 0. The minimum absolute atomic E-state index is 0.532. The van der Waals surface area contributed by atoms with E-state index in [0.29, 0.717) is 5.58 Å². The maximum atomic E-state index is 12.8. The lowest BCUT2D eigenvalue weighted by Crippen LogP contribution is -1.70. The van der Waals surface area contributed by atoms with Crippen LogP contribution >= 0.6 is 0 Å². The zero-order valence-electron chi connectivity index (χ0n) is 7.33. The van der Waals surface area contributed by atoms with Crippen molar-refractivity contribution in [1.82, 2.24) is 0 Å². The average molecular weight is 186 g/mol. The van der Waals surface area contributed by atoms with Crippen molar-refractivity contribution in [1.29, 1.82) is 0 Å². The molecule has 2 aromatic carbocycles. The Morgan fingerprint density at radius 1 is 0.857 bits per heavy atom. The Bertz CT molecular complexity index is 557. The SMILES string of the molecule is Fc1cc2cc3ccccc3cc2o1. The summed E-state index contributed by atoms with van der Waals surface area (Å²) in [4.78, 5) is 0. The maximum Gasteiger partial charge on any atom is 0.278 e. The molecule has 0 saturated heterocycles. The number of fused-ring (bicyclic) bond motifs is 2. The normalized spacial score (nSPS) is 11.2. The van der Waals surface area contributed by atoms with E-state index in [4.69, 9.17) is 4.42 Å². The molecule has 2 heteroatoms. The van der Waals surface area contributed by atoms with Crippen molar-refractivity contribution in [3.05, 3.63) is 48.5 Å². The molecule has 0 atom stereocenters. The van der Waals surface area contributed by atoms with Crippen LogP contribution in [0, 0.1) is 6.01 Å². The molecular weight excluding hydrogens is 179 g/mol. The van der Waals surface area contributed by atoms with Gasteiger partial charge in [-0.2, -0.15) is 4.39 Å². The number of rotatable bonds is 0. The monoisotopic (exact) mass is 186 g/mol. The highest BCUT2D eigenvalue weighted by atomic mass is 19.1. The maximum absolute atomic E-state index is 12.8. The number of halogens is 1. The second-order valence-corrected chi connectivity index (χ2v) is 3.29. The van der Waals surface area contributed by atoms with E-state index >= 15 is 0 Å². The van der Waals surface area contributed by atoms with Crippen molar-refractivity contribution < 1.29 is 8.81 Å². The summed E-state index contributed by atoms with van der Waals surface area (Å²) >= 11 is 0. The molecule has 0 fully saturated rings. The van der Waals surface area contributed by atoms with E-state index in [9.17, 15) is 4.39 Å². The Morgan fingerprint density at radius 3 is 2.36 bits per heavy atom. The summed E-state index contributed by atoms with van der Waals surface area (Å²) in [6.07, 6.45) is 0. The standard InChI is InChI=1S/C12H7FO/c13-12-7-10-5-8-3-1-2-4-9(8)6-11(10)14-12/h1-7H. The lowest BCUT2D eigenvalue weighted by Gasteiger charge is -1.95. The molecule has 14 heavy (non-hydrogen) atoms. The van der Waals surface area contributed by atoms with E-state index < -0.39 is 6.01 Å². The molecule has 1 nitrogen and oxygen atoms in total. The van der Waals surface area contributed by atoms with Crippen LogP contribution in [0.2, 0.25) is 0 Å². The van der Waals surface area contributed by atoms with Gasteiger partial charge in [0.2, 0.25) is 0 Å². The Kier molecular flexibility index (Phi) is 1.39. The molecule has 0 aliphatic heterocycles. The minimum Gasteiger partial charge on any atom is -0.431 e. The highest BCUT2D eigenvalue weighted by Gasteiger charge is 2.03. The van der Waals surface area contributed by atoms with Crippen molar-refractivity contribution in [2.75, 3.05) is 0 Å². The molecule has 1 aromatic heterocycles. The molecule has 0 aliphatic carbocycles. The molecule has 0 bridgehead atoms. The van der Waals surface area contributed by atoms with E-state index in [1.165, 1.54) is 6.07 Å². The molecule has 0 radical (unpaired) electrons. The molecule has 0 amide bonds. The fraction of sp³-hybridized carbons (Fsp3) is 0. The smallest absolute Gasteiger partial charge is 0.278 e. The first-order valence-corrected chi connectivity index (χ1v) is 4.41. The third-order valence-corrected chi connectivity index (χ3v) is 2.35. The van der Waals surface area contributed by atoms with Crippen LogP contribution in [0.1, 0.15) is 0 Å². The Morgan fingerprint density at radius 2 is 1.57 bits per heavy atom. The summed E-state index contributed by atoms with van der Waals surface area (Å²) in [7, 11) is 0. The Labute approximate surface area is 79.8 Å². The van der Waals surface area contributed by atoms with E-state index in [0.717, 1.165) is 16.2 Å². The molecule has 3 aromatic rings. The Hall–Kier alpha value is -1.83. The van der Waals surface area contributed by atoms with Crippen LogP contribution in [-0.4, -0.2) is 0 Å². The van der Waals surface area contributed by atoms with E-state index in [1.807, 2.05) is 36.4 Å². The van der Waals surface area contributed by atoms with Gasteiger partial charge in [-0.15, -0.1) is 0 Å². The van der Waals surface area contributed by atoms with Gasteiger partial charge in [-0.05, 0) is 22.9 Å². The first-order valence-electron chi connectivity index (χ1n) is 4.41. The van der Waals surface area contributed by atoms with Crippen molar-refractivity contribution in [3.8, 4) is 0 Å². The summed E-state index contributed by atoms with van der Waals surface area (Å²) < 4.78 is 17.7. The third kappa shape index (κ3) is 1.01. The van der Waals surface area contributed by atoms with Crippen molar-refractivity contribution in [2.24, 2.45) is 0 Å². The van der Waals surface area contributed by atoms with Gasteiger partial charge in [-0.25, -0.2) is 0 Å². The number of hydrogen-bond acceptors (Lipinski definition) is 1. The van der Waals surface area contributed by atoms with Crippen LogP contribution in [0.4, 0.5) is 4.39 Å². The lowest BCUT2D eigenvalue weighted by molar-refractivity contribution is 0.381. The minimum atomic E-state index is -0.532. The van der Waals surface area contributed by atoms with Gasteiger partial charge in [0.05, 0.1) is 0 Å². The Balaban J connectivity index is 2.51. The van der Waals surface area contributed by atoms with Gasteiger partial charge in [0, 0.05) is 11.5 Å². The molecular formula is C12H7FO. The highest BCUT2D eigenvalue weighted by Crippen LogP contribution is 2.24. The summed E-state index contributed by atoms with van der Waals surface area (Å²) in [5, 5.41) is 2.97.